The zero-order valence-corrected chi connectivity index (χ0v) is 20.0. The summed E-state index contributed by atoms with van der Waals surface area (Å²) in [5.74, 6) is 3.55. The van der Waals surface area contributed by atoms with Crippen molar-refractivity contribution in [3.05, 3.63) is 40.7 Å². The summed E-state index contributed by atoms with van der Waals surface area (Å²) in [4.78, 5) is 39.5. The predicted octanol–water partition coefficient (Wildman–Crippen LogP) is 2.05. The van der Waals surface area contributed by atoms with Crippen LogP contribution in [0.25, 0.3) is 0 Å². The number of hydrogen-bond donors (Lipinski definition) is 1. The summed E-state index contributed by atoms with van der Waals surface area (Å²) in [6.45, 7) is 2.97. The van der Waals surface area contributed by atoms with Crippen molar-refractivity contribution in [2.24, 2.45) is 0 Å². The van der Waals surface area contributed by atoms with E-state index in [1.165, 1.54) is 0 Å². The minimum Gasteiger partial charge on any atom is -0.379 e. The lowest BCUT2D eigenvalue weighted by Crippen LogP contribution is -2.48. The summed E-state index contributed by atoms with van der Waals surface area (Å²) in [6.07, 6.45) is 4.15. The zero-order chi connectivity index (χ0) is 23.7. The third kappa shape index (κ3) is 4.45. The number of nitriles is 1. The number of piperazine rings is 1. The fourth-order valence-electron chi connectivity index (χ4n) is 4.55. The van der Waals surface area contributed by atoms with Crippen LogP contribution in [-0.2, 0) is 17.8 Å². The number of rotatable bonds is 6. The highest BCUT2D eigenvalue weighted by atomic mass is 32.2. The fourth-order valence-corrected chi connectivity index (χ4v) is 5.19. The second-order valence-electron chi connectivity index (χ2n) is 9.02. The van der Waals surface area contributed by atoms with E-state index in [1.54, 1.807) is 11.1 Å². The molecule has 3 aliphatic heterocycles. The largest absolute Gasteiger partial charge is 0.379 e. The van der Waals surface area contributed by atoms with Crippen LogP contribution in [0, 0.1) is 11.3 Å². The Labute approximate surface area is 203 Å². The zero-order valence-electron chi connectivity index (χ0n) is 19.2. The molecular formula is C24H27N7O2S. The average Bonchev–Trinajstić information content (AvgIpc) is 2.82. The number of pyridine rings is 2. The van der Waals surface area contributed by atoms with Crippen molar-refractivity contribution in [2.75, 3.05) is 54.9 Å². The molecular weight excluding hydrogens is 450 g/mol. The van der Waals surface area contributed by atoms with E-state index in [1.807, 2.05) is 40.7 Å². The van der Waals surface area contributed by atoms with E-state index in [0.717, 1.165) is 66.4 Å². The number of anilines is 3. The lowest BCUT2D eigenvalue weighted by molar-refractivity contribution is -0.136. The van der Waals surface area contributed by atoms with Crippen LogP contribution in [0.2, 0.25) is 0 Å². The first-order valence-corrected chi connectivity index (χ1v) is 12.7. The molecule has 0 saturated carbocycles. The summed E-state index contributed by atoms with van der Waals surface area (Å²) < 4.78 is 0. The number of thioether (sulfide) groups is 1. The van der Waals surface area contributed by atoms with Gasteiger partial charge in [0.25, 0.3) is 0 Å². The molecule has 2 aromatic rings. The normalized spacial score (nSPS) is 18.8. The number of carbonyl (C=O) groups is 2. The highest BCUT2D eigenvalue weighted by Crippen LogP contribution is 2.34. The van der Waals surface area contributed by atoms with Gasteiger partial charge in [0, 0.05) is 61.6 Å². The lowest BCUT2D eigenvalue weighted by Gasteiger charge is -2.33. The van der Waals surface area contributed by atoms with Crippen LogP contribution in [-0.4, -0.2) is 82.7 Å². The van der Waals surface area contributed by atoms with Crippen molar-refractivity contribution in [3.63, 3.8) is 0 Å². The van der Waals surface area contributed by atoms with Gasteiger partial charge in [0.1, 0.15) is 23.4 Å². The average molecular weight is 478 g/mol. The molecule has 5 heterocycles. The standard InChI is InChI=1S/C24H27N7O2S/c1-29-5-6-30(23(33)12-29)11-17-7-16-3-2-4-31(24(16)28-21(17)13-32)22-8-20(18(9-25)10-26-22)27-19-14-34-15-19/h7-8,10,13,19H,2-6,11-12,14-15H2,1H3,(H,26,27). The van der Waals surface area contributed by atoms with Gasteiger partial charge in [0.05, 0.1) is 17.8 Å². The molecule has 1 N–H and O–H groups in total. The monoisotopic (exact) mass is 477 g/mol. The number of hydrogen-bond acceptors (Lipinski definition) is 9. The van der Waals surface area contributed by atoms with Crippen molar-refractivity contribution < 1.29 is 9.59 Å². The third-order valence-electron chi connectivity index (χ3n) is 6.54. The number of aldehydes is 1. The molecule has 0 bridgehead atoms. The maximum absolute atomic E-state index is 12.4. The lowest BCUT2D eigenvalue weighted by atomic mass is 10.0. The van der Waals surface area contributed by atoms with Gasteiger partial charge in [-0.25, -0.2) is 9.97 Å². The van der Waals surface area contributed by atoms with Crippen molar-refractivity contribution in [1.29, 1.82) is 5.26 Å². The van der Waals surface area contributed by atoms with Crippen LogP contribution in [0.3, 0.4) is 0 Å². The second-order valence-corrected chi connectivity index (χ2v) is 10.1. The smallest absolute Gasteiger partial charge is 0.237 e. The van der Waals surface area contributed by atoms with E-state index in [9.17, 15) is 14.9 Å². The molecule has 0 spiro atoms. The molecule has 9 nitrogen and oxygen atoms in total. The molecule has 0 atom stereocenters. The number of nitrogens with zero attached hydrogens (tertiary/aromatic N) is 6. The van der Waals surface area contributed by atoms with E-state index < -0.39 is 0 Å². The number of likely N-dealkylation sites (N-methyl/N-ethyl adjacent to an activating group) is 1. The minimum absolute atomic E-state index is 0.0663. The first-order chi connectivity index (χ1) is 16.6. The van der Waals surface area contributed by atoms with Crippen LogP contribution >= 0.6 is 11.8 Å². The minimum atomic E-state index is 0.0663. The first kappa shape index (κ1) is 22.6. The van der Waals surface area contributed by atoms with Crippen LogP contribution in [0.4, 0.5) is 17.3 Å². The van der Waals surface area contributed by atoms with Crippen LogP contribution < -0.4 is 10.2 Å². The number of nitrogens with one attached hydrogen (secondary N) is 1. The van der Waals surface area contributed by atoms with Crippen LogP contribution in [0.5, 0.6) is 0 Å². The topological polar surface area (TPSA) is 105 Å². The molecule has 0 aromatic carbocycles. The SMILES string of the molecule is CN1CCN(Cc2cc3c(nc2C=O)N(c2cc(NC4CSC4)c(C#N)cn2)CCC3)C(=O)C1. The molecule has 0 radical (unpaired) electrons. The van der Waals surface area contributed by atoms with Gasteiger partial charge in [0.2, 0.25) is 5.91 Å². The second kappa shape index (κ2) is 9.60. The van der Waals surface area contributed by atoms with Crippen molar-refractivity contribution in [2.45, 2.75) is 25.4 Å². The summed E-state index contributed by atoms with van der Waals surface area (Å²) >= 11 is 1.88. The summed E-state index contributed by atoms with van der Waals surface area (Å²) in [5, 5.41) is 13.0. The molecule has 1 amide bonds. The molecule has 3 aliphatic rings. The summed E-state index contributed by atoms with van der Waals surface area (Å²) in [6, 6.07) is 6.52. The van der Waals surface area contributed by atoms with Gasteiger partial charge >= 0.3 is 0 Å². The Kier molecular flexibility index (Phi) is 6.39. The molecule has 2 aromatic heterocycles. The predicted molar refractivity (Wildman–Crippen MR) is 132 cm³/mol. The molecule has 176 valence electrons. The third-order valence-corrected chi connectivity index (χ3v) is 7.82. The summed E-state index contributed by atoms with van der Waals surface area (Å²) in [5.41, 5.74) is 3.49. The maximum atomic E-state index is 12.4. The number of aromatic nitrogens is 2. The van der Waals surface area contributed by atoms with Crippen LogP contribution in [0.15, 0.2) is 18.3 Å². The summed E-state index contributed by atoms with van der Waals surface area (Å²) in [7, 11) is 1.93. The number of fused-ring (bicyclic) bond motifs is 1. The number of aryl methyl sites for hydroxylation is 1. The Morgan fingerprint density at radius 2 is 2.15 bits per heavy atom. The maximum Gasteiger partial charge on any atom is 0.237 e. The van der Waals surface area contributed by atoms with Gasteiger partial charge < -0.3 is 15.1 Å². The van der Waals surface area contributed by atoms with Gasteiger partial charge in [-0.2, -0.15) is 17.0 Å². The van der Waals surface area contributed by atoms with E-state index in [-0.39, 0.29) is 5.91 Å². The number of amides is 1. The van der Waals surface area contributed by atoms with Gasteiger partial charge in [0.15, 0.2) is 6.29 Å². The van der Waals surface area contributed by atoms with Gasteiger partial charge in [-0.1, -0.05) is 0 Å². The van der Waals surface area contributed by atoms with Gasteiger partial charge in [-0.3, -0.25) is 14.5 Å². The highest BCUT2D eigenvalue weighted by Gasteiger charge is 2.27. The van der Waals surface area contributed by atoms with Gasteiger partial charge in [-0.05, 0) is 31.5 Å². The fraction of sp³-hybridized carbons (Fsp3) is 0.458. The van der Waals surface area contributed by atoms with E-state index in [2.05, 4.69) is 16.4 Å². The Bertz CT molecular complexity index is 1160. The quantitative estimate of drug-likeness (QED) is 0.626. The molecule has 2 saturated heterocycles. The molecule has 34 heavy (non-hydrogen) atoms. The molecule has 5 rings (SSSR count). The van der Waals surface area contributed by atoms with Crippen molar-refractivity contribution in [3.8, 4) is 6.07 Å². The Morgan fingerprint density at radius 1 is 1.29 bits per heavy atom. The van der Waals surface area contributed by atoms with Crippen molar-refractivity contribution in [1.82, 2.24) is 19.8 Å². The van der Waals surface area contributed by atoms with E-state index in [4.69, 9.17) is 4.98 Å². The van der Waals surface area contributed by atoms with Crippen LogP contribution in [0.1, 0.15) is 33.6 Å². The Hall–Kier alpha value is -3.16. The molecule has 10 heteroatoms. The molecule has 2 fully saturated rings. The Balaban J connectivity index is 1.45. The van der Waals surface area contributed by atoms with E-state index in [0.29, 0.717) is 42.8 Å². The first-order valence-electron chi connectivity index (χ1n) is 11.5. The highest BCUT2D eigenvalue weighted by molar-refractivity contribution is 8.00. The van der Waals surface area contributed by atoms with Gasteiger partial charge in [-0.15, -0.1) is 0 Å². The van der Waals surface area contributed by atoms with E-state index >= 15 is 0 Å². The van der Waals surface area contributed by atoms with Crippen molar-refractivity contribution >= 4 is 41.3 Å². The molecule has 0 unspecified atom stereocenters. The Morgan fingerprint density at radius 3 is 2.85 bits per heavy atom. The molecule has 0 aliphatic carbocycles. The number of carbonyl (C=O) groups excluding carboxylic acids is 2.